The molecule has 3 saturated heterocycles. The second-order valence-corrected chi connectivity index (χ2v) is 13.4. The van der Waals surface area contributed by atoms with Crippen LogP contribution in [-0.4, -0.2) is 104 Å². The van der Waals surface area contributed by atoms with Crippen LogP contribution in [0.5, 0.6) is 0 Å². The first-order chi connectivity index (χ1) is 14.7. The van der Waals surface area contributed by atoms with Gasteiger partial charge in [-0.15, -0.1) is 0 Å². The Balaban J connectivity index is 1.25. The summed E-state index contributed by atoms with van der Waals surface area (Å²) in [4.78, 5) is 21.0. The van der Waals surface area contributed by atoms with Crippen molar-refractivity contribution in [3.05, 3.63) is 18.3 Å². The zero-order chi connectivity index (χ0) is 22.1. The van der Waals surface area contributed by atoms with Crippen molar-refractivity contribution in [2.24, 2.45) is 0 Å². The standard InChI is InChI=1S/C19H28N4O5S3/c24-19(22-10-8-21(9-11-22)16-5-12-30(25,26)15-16)14-29-18-4-3-17(13-20-18)31(27,28)23-6-1-2-7-23/h3-4,13,16H,1-2,5-12,14-15H2. The summed E-state index contributed by atoms with van der Waals surface area (Å²) in [5.74, 6) is 0.743. The number of sulfonamides is 1. The normalized spacial score (nSPS) is 25.2. The van der Waals surface area contributed by atoms with Gasteiger partial charge in [0.1, 0.15) is 4.90 Å². The average molecular weight is 489 g/mol. The van der Waals surface area contributed by atoms with Gasteiger partial charge in [0.25, 0.3) is 0 Å². The summed E-state index contributed by atoms with van der Waals surface area (Å²) in [6, 6.07) is 3.29. The summed E-state index contributed by atoms with van der Waals surface area (Å²) >= 11 is 1.30. The lowest BCUT2D eigenvalue weighted by Gasteiger charge is -2.37. The lowest BCUT2D eigenvalue weighted by molar-refractivity contribution is -0.130. The number of thioether (sulfide) groups is 1. The molecule has 9 nitrogen and oxygen atoms in total. The van der Waals surface area contributed by atoms with Crippen molar-refractivity contribution in [2.75, 3.05) is 56.5 Å². The van der Waals surface area contributed by atoms with E-state index in [1.54, 1.807) is 17.0 Å². The van der Waals surface area contributed by atoms with Crippen molar-refractivity contribution < 1.29 is 21.6 Å². The van der Waals surface area contributed by atoms with Crippen LogP contribution >= 0.6 is 11.8 Å². The first-order valence-corrected chi connectivity index (χ1v) is 14.8. The molecule has 1 aromatic heterocycles. The number of nitrogens with zero attached hydrogens (tertiary/aromatic N) is 4. The number of amides is 1. The highest BCUT2D eigenvalue weighted by molar-refractivity contribution is 7.99. The number of carbonyl (C=O) groups excluding carboxylic acids is 1. The van der Waals surface area contributed by atoms with Gasteiger partial charge in [0.15, 0.2) is 9.84 Å². The summed E-state index contributed by atoms with van der Waals surface area (Å²) < 4.78 is 50.0. The van der Waals surface area contributed by atoms with Crippen molar-refractivity contribution in [3.63, 3.8) is 0 Å². The van der Waals surface area contributed by atoms with E-state index < -0.39 is 19.9 Å². The second-order valence-electron chi connectivity index (χ2n) is 8.21. The van der Waals surface area contributed by atoms with Crippen LogP contribution in [0.3, 0.4) is 0 Å². The van der Waals surface area contributed by atoms with Crippen molar-refractivity contribution in [1.29, 1.82) is 0 Å². The maximum atomic E-state index is 12.6. The third-order valence-electron chi connectivity index (χ3n) is 6.15. The Morgan fingerprint density at radius 1 is 1.10 bits per heavy atom. The highest BCUT2D eigenvalue weighted by atomic mass is 32.2. The van der Waals surface area contributed by atoms with Gasteiger partial charge in [-0.1, -0.05) is 11.8 Å². The minimum atomic E-state index is -3.48. The maximum absolute atomic E-state index is 12.6. The van der Waals surface area contributed by atoms with E-state index in [4.69, 9.17) is 0 Å². The number of sulfone groups is 1. The first-order valence-electron chi connectivity index (χ1n) is 10.6. The Kier molecular flexibility index (Phi) is 6.92. The van der Waals surface area contributed by atoms with Crippen LogP contribution in [0.1, 0.15) is 19.3 Å². The van der Waals surface area contributed by atoms with E-state index in [0.717, 1.165) is 12.8 Å². The van der Waals surface area contributed by atoms with Crippen molar-refractivity contribution in [3.8, 4) is 0 Å². The van der Waals surface area contributed by atoms with Gasteiger partial charge in [0, 0.05) is 51.5 Å². The lowest BCUT2D eigenvalue weighted by Crippen LogP contribution is -2.52. The fourth-order valence-electron chi connectivity index (χ4n) is 4.31. The molecule has 3 aliphatic heterocycles. The van der Waals surface area contributed by atoms with E-state index in [-0.39, 0.29) is 34.1 Å². The highest BCUT2D eigenvalue weighted by Crippen LogP contribution is 2.23. The van der Waals surface area contributed by atoms with Gasteiger partial charge >= 0.3 is 0 Å². The molecule has 31 heavy (non-hydrogen) atoms. The number of hydrogen-bond donors (Lipinski definition) is 0. The quantitative estimate of drug-likeness (QED) is 0.526. The predicted octanol–water partition coefficient (Wildman–Crippen LogP) is 0.290. The Morgan fingerprint density at radius 3 is 2.39 bits per heavy atom. The van der Waals surface area contributed by atoms with Gasteiger partial charge < -0.3 is 4.90 Å². The molecule has 12 heteroatoms. The van der Waals surface area contributed by atoms with E-state index in [1.165, 1.54) is 22.3 Å². The smallest absolute Gasteiger partial charge is 0.244 e. The van der Waals surface area contributed by atoms with Gasteiger partial charge in [-0.05, 0) is 31.4 Å². The van der Waals surface area contributed by atoms with Gasteiger partial charge in [-0.3, -0.25) is 9.69 Å². The molecular formula is C19H28N4O5S3. The third kappa shape index (κ3) is 5.41. The first kappa shape index (κ1) is 23.0. The van der Waals surface area contributed by atoms with Crippen molar-refractivity contribution in [1.82, 2.24) is 19.1 Å². The number of piperazine rings is 1. The van der Waals surface area contributed by atoms with Crippen LogP contribution in [0.15, 0.2) is 28.3 Å². The van der Waals surface area contributed by atoms with E-state index in [9.17, 15) is 21.6 Å². The Labute approximate surface area is 188 Å². The summed E-state index contributed by atoms with van der Waals surface area (Å²) in [5, 5.41) is 0.614. The number of hydrogen-bond acceptors (Lipinski definition) is 8. The van der Waals surface area contributed by atoms with Gasteiger partial charge in [0.2, 0.25) is 15.9 Å². The molecule has 0 aromatic carbocycles. The molecule has 3 fully saturated rings. The highest BCUT2D eigenvalue weighted by Gasteiger charge is 2.34. The average Bonchev–Trinajstić information content (AvgIpc) is 3.43. The van der Waals surface area contributed by atoms with E-state index in [0.29, 0.717) is 50.7 Å². The topological polar surface area (TPSA) is 108 Å². The van der Waals surface area contributed by atoms with Crippen LogP contribution in [0, 0.1) is 0 Å². The molecule has 4 rings (SSSR count). The SMILES string of the molecule is O=C(CSc1ccc(S(=O)(=O)N2CCCC2)cn1)N1CCN(C2CCS(=O)(=O)C2)CC1. The van der Waals surface area contributed by atoms with Crippen LogP contribution in [0.4, 0.5) is 0 Å². The second kappa shape index (κ2) is 9.34. The Morgan fingerprint density at radius 2 is 1.81 bits per heavy atom. The molecule has 4 heterocycles. The largest absolute Gasteiger partial charge is 0.339 e. The molecule has 0 aliphatic carbocycles. The fraction of sp³-hybridized carbons (Fsp3) is 0.684. The van der Waals surface area contributed by atoms with Crippen molar-refractivity contribution in [2.45, 2.75) is 35.2 Å². The molecule has 1 atom stereocenters. The zero-order valence-electron chi connectivity index (χ0n) is 17.3. The number of aromatic nitrogens is 1. The Hall–Kier alpha value is -1.21. The van der Waals surface area contributed by atoms with E-state index >= 15 is 0 Å². The third-order valence-corrected chi connectivity index (χ3v) is 10.7. The predicted molar refractivity (Wildman–Crippen MR) is 118 cm³/mol. The van der Waals surface area contributed by atoms with Crippen molar-refractivity contribution >= 4 is 37.5 Å². The van der Waals surface area contributed by atoms with E-state index in [2.05, 4.69) is 9.88 Å². The minimum Gasteiger partial charge on any atom is -0.339 e. The number of pyridine rings is 1. The molecule has 3 aliphatic rings. The van der Waals surface area contributed by atoms with Gasteiger partial charge in [-0.25, -0.2) is 21.8 Å². The summed E-state index contributed by atoms with van der Waals surface area (Å²) in [6.45, 7) is 3.68. The van der Waals surface area contributed by atoms with Gasteiger partial charge in [-0.2, -0.15) is 4.31 Å². The molecule has 1 aromatic rings. The summed E-state index contributed by atoms with van der Waals surface area (Å²) in [7, 11) is -6.38. The molecule has 0 bridgehead atoms. The number of rotatable bonds is 6. The minimum absolute atomic E-state index is 0.0132. The summed E-state index contributed by atoms with van der Waals surface area (Å²) in [5.41, 5.74) is 0. The zero-order valence-corrected chi connectivity index (χ0v) is 19.8. The maximum Gasteiger partial charge on any atom is 0.244 e. The van der Waals surface area contributed by atoms with Crippen LogP contribution in [0.25, 0.3) is 0 Å². The molecule has 172 valence electrons. The van der Waals surface area contributed by atoms with Crippen LogP contribution in [0.2, 0.25) is 0 Å². The molecule has 0 saturated carbocycles. The molecule has 1 unspecified atom stereocenters. The number of carbonyl (C=O) groups is 1. The molecular weight excluding hydrogens is 460 g/mol. The van der Waals surface area contributed by atoms with Crippen LogP contribution < -0.4 is 0 Å². The molecule has 0 N–H and O–H groups in total. The lowest BCUT2D eigenvalue weighted by atomic mass is 10.2. The molecule has 0 radical (unpaired) electrons. The molecule has 0 spiro atoms. The van der Waals surface area contributed by atoms with Crippen LogP contribution in [-0.2, 0) is 24.7 Å². The van der Waals surface area contributed by atoms with E-state index in [1.807, 2.05) is 0 Å². The van der Waals surface area contributed by atoms with Gasteiger partial charge in [0.05, 0.1) is 22.3 Å². The fourth-order valence-corrected chi connectivity index (χ4v) is 8.28. The Bertz CT molecular complexity index is 999. The summed E-state index contributed by atoms with van der Waals surface area (Å²) in [6.07, 6.45) is 3.82. The monoisotopic (exact) mass is 488 g/mol. The molecule has 1 amide bonds.